The summed E-state index contributed by atoms with van der Waals surface area (Å²) in [5.41, 5.74) is 16.1. The SMILES string of the molecule is CN1CN2c3cc(Oc4ccc5c6ccccc6n(-c6ccccn6)c5c4)ccc3C3(c4cc(C(C)(C)C)ccc4-c4ccc(C(C)(C)C)cc43)c3cccc1c32. The van der Waals surface area contributed by atoms with E-state index in [2.05, 4.69) is 184 Å². The molecule has 5 heteroatoms. The topological polar surface area (TPSA) is 33.5 Å². The van der Waals surface area contributed by atoms with E-state index in [0.717, 1.165) is 35.0 Å². The number of para-hydroxylation sites is 2. The van der Waals surface area contributed by atoms with Crippen LogP contribution in [0, 0.1) is 0 Å². The minimum absolute atomic E-state index is 0.00890. The maximum Gasteiger partial charge on any atom is 0.137 e. The molecule has 2 aromatic heterocycles. The molecule has 0 atom stereocenters. The number of nitrogens with zero attached hydrogens (tertiary/aromatic N) is 4. The van der Waals surface area contributed by atoms with Crippen molar-refractivity contribution in [3.8, 4) is 28.4 Å². The minimum atomic E-state index is -0.517. The minimum Gasteiger partial charge on any atom is -0.457 e. The van der Waals surface area contributed by atoms with Crippen molar-refractivity contribution in [2.24, 2.45) is 0 Å². The lowest BCUT2D eigenvalue weighted by Gasteiger charge is -2.43. The van der Waals surface area contributed by atoms with Gasteiger partial charge in [0, 0.05) is 36.1 Å². The van der Waals surface area contributed by atoms with Crippen LogP contribution in [0.1, 0.15) is 74.9 Å². The highest BCUT2D eigenvalue weighted by atomic mass is 16.5. The Balaban J connectivity index is 1.14. The van der Waals surface area contributed by atoms with Crippen LogP contribution in [0.25, 0.3) is 38.8 Å². The van der Waals surface area contributed by atoms with Gasteiger partial charge >= 0.3 is 0 Å². The van der Waals surface area contributed by atoms with E-state index >= 15 is 0 Å². The fraction of sp³-hybridized carbons (Fsp3) is 0.212. The molecule has 0 radical (unpaired) electrons. The monoisotopic (exact) mass is 742 g/mol. The molecular weight excluding hydrogens is 697 g/mol. The Kier molecular flexibility index (Phi) is 6.92. The maximum atomic E-state index is 6.91. The van der Waals surface area contributed by atoms with Gasteiger partial charge in [-0.3, -0.25) is 4.57 Å². The molecule has 0 N–H and O–H groups in total. The third-order valence-electron chi connectivity index (χ3n) is 12.7. The second kappa shape index (κ2) is 11.6. The second-order valence-corrected chi connectivity index (χ2v) is 18.2. The van der Waals surface area contributed by atoms with Crippen LogP contribution >= 0.6 is 0 Å². The molecule has 1 spiro atoms. The van der Waals surface area contributed by atoms with Crippen LogP contribution < -0.4 is 14.5 Å². The number of pyridine rings is 1. The van der Waals surface area contributed by atoms with Crippen molar-refractivity contribution in [1.82, 2.24) is 9.55 Å². The molecule has 2 aliphatic heterocycles. The van der Waals surface area contributed by atoms with Crippen LogP contribution in [-0.2, 0) is 16.2 Å². The summed E-state index contributed by atoms with van der Waals surface area (Å²) in [5, 5.41) is 2.36. The fourth-order valence-corrected chi connectivity index (χ4v) is 9.96. The van der Waals surface area contributed by atoms with Gasteiger partial charge in [-0.1, -0.05) is 120 Å². The Morgan fingerprint density at radius 2 is 1.23 bits per heavy atom. The van der Waals surface area contributed by atoms with Crippen LogP contribution in [-0.4, -0.2) is 23.3 Å². The summed E-state index contributed by atoms with van der Waals surface area (Å²) in [6.45, 7) is 14.7. The summed E-state index contributed by atoms with van der Waals surface area (Å²) in [4.78, 5) is 9.64. The van der Waals surface area contributed by atoms with Crippen molar-refractivity contribution in [3.05, 3.63) is 173 Å². The number of aromatic nitrogens is 2. The Morgan fingerprint density at radius 3 is 1.93 bits per heavy atom. The summed E-state index contributed by atoms with van der Waals surface area (Å²) in [6.07, 6.45) is 1.85. The van der Waals surface area contributed by atoms with Gasteiger partial charge in [-0.05, 0) is 97.8 Å². The second-order valence-electron chi connectivity index (χ2n) is 18.2. The van der Waals surface area contributed by atoms with Crippen LogP contribution in [0.3, 0.4) is 0 Å². The molecular formula is C52H46N4O. The van der Waals surface area contributed by atoms with Gasteiger partial charge in [-0.25, -0.2) is 4.98 Å². The number of anilines is 3. The van der Waals surface area contributed by atoms with Crippen LogP contribution in [0.2, 0.25) is 0 Å². The van der Waals surface area contributed by atoms with E-state index in [1.165, 1.54) is 72.3 Å². The molecule has 0 fully saturated rings. The van der Waals surface area contributed by atoms with Crippen LogP contribution in [0.5, 0.6) is 11.5 Å². The predicted octanol–water partition coefficient (Wildman–Crippen LogP) is 12.8. The van der Waals surface area contributed by atoms with Crippen molar-refractivity contribution >= 4 is 38.9 Å². The van der Waals surface area contributed by atoms with Gasteiger partial charge in [0.1, 0.15) is 17.3 Å². The van der Waals surface area contributed by atoms with E-state index in [4.69, 9.17) is 9.72 Å². The van der Waals surface area contributed by atoms with Gasteiger partial charge in [0.2, 0.25) is 0 Å². The summed E-state index contributed by atoms with van der Waals surface area (Å²) >= 11 is 0. The van der Waals surface area contributed by atoms with E-state index < -0.39 is 5.41 Å². The lowest BCUT2D eigenvalue weighted by Crippen LogP contribution is -2.37. The highest BCUT2D eigenvalue weighted by Crippen LogP contribution is 2.65. The highest BCUT2D eigenvalue weighted by molar-refractivity contribution is 6.09. The molecule has 11 rings (SSSR count). The summed E-state index contributed by atoms with van der Waals surface area (Å²) in [5.74, 6) is 2.48. The normalized spacial score (nSPS) is 14.9. The Hall–Kier alpha value is -6.33. The molecule has 0 amide bonds. The van der Waals surface area contributed by atoms with E-state index in [0.29, 0.717) is 0 Å². The molecule has 57 heavy (non-hydrogen) atoms. The maximum absolute atomic E-state index is 6.91. The molecule has 1 aliphatic carbocycles. The average Bonchev–Trinajstić information content (AvgIpc) is 3.82. The first kappa shape index (κ1) is 34.0. The molecule has 280 valence electrons. The fourth-order valence-electron chi connectivity index (χ4n) is 9.96. The zero-order valence-corrected chi connectivity index (χ0v) is 33.7. The summed E-state index contributed by atoms with van der Waals surface area (Å²) in [6, 6.07) is 49.3. The molecule has 3 aliphatic rings. The molecule has 8 aromatic rings. The molecule has 0 unspecified atom stereocenters. The van der Waals surface area contributed by atoms with Crippen molar-refractivity contribution in [1.29, 1.82) is 0 Å². The molecule has 4 heterocycles. The first-order valence-corrected chi connectivity index (χ1v) is 20.1. The molecule has 5 nitrogen and oxygen atoms in total. The van der Waals surface area contributed by atoms with E-state index in [1.54, 1.807) is 0 Å². The van der Waals surface area contributed by atoms with Gasteiger partial charge in [0.15, 0.2) is 0 Å². The smallest absolute Gasteiger partial charge is 0.137 e. The first-order chi connectivity index (χ1) is 27.4. The molecule has 0 bridgehead atoms. The zero-order chi connectivity index (χ0) is 39.0. The number of hydrogen-bond acceptors (Lipinski definition) is 4. The van der Waals surface area contributed by atoms with Gasteiger partial charge < -0.3 is 14.5 Å². The van der Waals surface area contributed by atoms with Gasteiger partial charge in [-0.15, -0.1) is 0 Å². The third-order valence-corrected chi connectivity index (χ3v) is 12.7. The van der Waals surface area contributed by atoms with Crippen molar-refractivity contribution < 1.29 is 4.74 Å². The zero-order valence-electron chi connectivity index (χ0n) is 33.7. The summed E-state index contributed by atoms with van der Waals surface area (Å²) < 4.78 is 9.14. The summed E-state index contributed by atoms with van der Waals surface area (Å²) in [7, 11) is 2.21. The Bertz CT molecular complexity index is 2900. The van der Waals surface area contributed by atoms with E-state index in [9.17, 15) is 0 Å². The van der Waals surface area contributed by atoms with Crippen LogP contribution in [0.15, 0.2) is 140 Å². The number of rotatable bonds is 3. The Labute approximate surface area is 334 Å². The van der Waals surface area contributed by atoms with Gasteiger partial charge in [-0.2, -0.15) is 0 Å². The van der Waals surface area contributed by atoms with Crippen molar-refractivity contribution in [2.45, 2.75) is 57.8 Å². The molecule has 0 saturated heterocycles. The third kappa shape index (κ3) is 4.72. The van der Waals surface area contributed by atoms with E-state index in [1.807, 2.05) is 18.3 Å². The number of hydrogen-bond donors (Lipinski definition) is 0. The lowest BCUT2D eigenvalue weighted by molar-refractivity contribution is 0.482. The average molecular weight is 743 g/mol. The van der Waals surface area contributed by atoms with Gasteiger partial charge in [0.05, 0.1) is 40.2 Å². The van der Waals surface area contributed by atoms with Crippen LogP contribution in [0.4, 0.5) is 17.1 Å². The molecule has 0 saturated carbocycles. The standard InChI is InChI=1S/C52H46N4O/c1-50(2,3)32-18-22-36-37-23-19-33(51(4,5)6)28-43(37)52(42(36)27-32)40-25-21-35(30-47(40)55-31-54(7)45-16-12-14-41(52)49(45)55)57-34-20-24-39-38-13-8-9-15-44(38)56(46(39)29-34)48-17-10-11-26-53-48/h8-30H,31H2,1-7H3. The number of fused-ring (bicyclic) bond motifs is 12. The largest absolute Gasteiger partial charge is 0.457 e. The highest BCUT2D eigenvalue weighted by Gasteiger charge is 2.54. The van der Waals surface area contributed by atoms with Crippen molar-refractivity contribution in [3.63, 3.8) is 0 Å². The Morgan fingerprint density at radius 1 is 0.561 bits per heavy atom. The number of ether oxygens (including phenoxy) is 1. The first-order valence-electron chi connectivity index (χ1n) is 20.1. The van der Waals surface area contributed by atoms with Crippen molar-refractivity contribution in [2.75, 3.05) is 23.5 Å². The number of benzene rings is 6. The lowest BCUT2D eigenvalue weighted by atomic mass is 9.63. The predicted molar refractivity (Wildman–Crippen MR) is 235 cm³/mol. The van der Waals surface area contributed by atoms with Gasteiger partial charge in [0.25, 0.3) is 0 Å². The molecule has 6 aromatic carbocycles. The quantitative estimate of drug-likeness (QED) is 0.180. The van der Waals surface area contributed by atoms with E-state index in [-0.39, 0.29) is 10.8 Å².